The lowest BCUT2D eigenvalue weighted by atomic mass is 9.89. The molecule has 2 aliphatic heterocycles. The molecule has 6 heteroatoms. The molecule has 0 amide bonds. The zero-order valence-corrected chi connectivity index (χ0v) is 14.4. The first-order valence-electron chi connectivity index (χ1n) is 7.66. The van der Waals surface area contributed by atoms with Crippen LogP contribution in [0.1, 0.15) is 24.8 Å². The van der Waals surface area contributed by atoms with Gasteiger partial charge in [0.15, 0.2) is 9.84 Å². The van der Waals surface area contributed by atoms with Crippen molar-refractivity contribution in [2.24, 2.45) is 0 Å². The number of rotatable bonds is 3. The number of carbonyl (C=O) groups excluding carboxylic acids is 1. The van der Waals surface area contributed by atoms with Gasteiger partial charge in [-0.2, -0.15) is 0 Å². The summed E-state index contributed by atoms with van der Waals surface area (Å²) in [6, 6.07) is 7.31. The molecule has 2 bridgehead atoms. The molecule has 0 aromatic heterocycles. The van der Waals surface area contributed by atoms with E-state index >= 15 is 0 Å². The van der Waals surface area contributed by atoms with Crippen molar-refractivity contribution < 1.29 is 17.9 Å². The molecule has 124 valence electrons. The first-order valence-corrected chi connectivity index (χ1v) is 9.56. The molecular weight excluding hydrogens is 314 g/mol. The number of hydrogen-bond donors (Lipinski definition) is 0. The first kappa shape index (κ1) is 16.2. The number of nitrogens with zero attached hydrogens (tertiary/aromatic N) is 1. The van der Waals surface area contributed by atoms with Gasteiger partial charge in [0.25, 0.3) is 0 Å². The summed E-state index contributed by atoms with van der Waals surface area (Å²) in [5.41, 5.74) is 2.61. The van der Waals surface area contributed by atoms with Crippen molar-refractivity contribution in [3.05, 3.63) is 35.4 Å². The molecule has 1 aromatic carbocycles. The number of carbonyl (C=O) groups is 1. The quantitative estimate of drug-likeness (QED) is 0.789. The molecule has 0 unspecified atom stereocenters. The van der Waals surface area contributed by atoms with Crippen molar-refractivity contribution in [2.45, 2.75) is 36.2 Å². The summed E-state index contributed by atoms with van der Waals surface area (Å²) in [6.45, 7) is 0. The maximum atomic E-state index is 12.3. The molecule has 0 N–H and O–H groups in total. The van der Waals surface area contributed by atoms with E-state index in [9.17, 15) is 13.2 Å². The van der Waals surface area contributed by atoms with Crippen LogP contribution >= 0.6 is 0 Å². The lowest BCUT2D eigenvalue weighted by molar-refractivity contribution is -0.136. The minimum Gasteiger partial charge on any atom is -0.466 e. The van der Waals surface area contributed by atoms with Crippen LogP contribution in [-0.2, 0) is 19.4 Å². The van der Waals surface area contributed by atoms with Crippen LogP contribution in [0, 0.1) is 0 Å². The lowest BCUT2D eigenvalue weighted by Gasteiger charge is -2.34. The summed E-state index contributed by atoms with van der Waals surface area (Å²) in [7, 11) is 0.235. The maximum Gasteiger partial charge on any atom is 0.335 e. The molecule has 0 saturated carbocycles. The van der Waals surface area contributed by atoms with Gasteiger partial charge in [0, 0.05) is 18.3 Å². The fourth-order valence-electron chi connectivity index (χ4n) is 3.70. The molecule has 1 saturated heterocycles. The Morgan fingerprint density at radius 2 is 1.87 bits per heavy atom. The van der Waals surface area contributed by atoms with Gasteiger partial charge in [-0.05, 0) is 49.6 Å². The zero-order chi connectivity index (χ0) is 16.8. The van der Waals surface area contributed by atoms with E-state index in [1.807, 2.05) is 0 Å². The number of fused-ring (bicyclic) bond motifs is 2. The first-order chi connectivity index (χ1) is 10.8. The van der Waals surface area contributed by atoms with E-state index in [0.29, 0.717) is 6.04 Å². The number of esters is 1. The van der Waals surface area contributed by atoms with Crippen LogP contribution in [0.3, 0.4) is 0 Å². The molecule has 2 heterocycles. The summed E-state index contributed by atoms with van der Waals surface area (Å²) in [5, 5.41) is 0. The fourth-order valence-corrected chi connectivity index (χ4v) is 4.33. The molecule has 3 rings (SSSR count). The highest BCUT2D eigenvalue weighted by Gasteiger charge is 2.42. The molecule has 2 atom stereocenters. The molecule has 23 heavy (non-hydrogen) atoms. The van der Waals surface area contributed by atoms with Gasteiger partial charge in [-0.25, -0.2) is 13.2 Å². The summed E-state index contributed by atoms with van der Waals surface area (Å²) in [6.07, 6.45) is 4.00. The predicted molar refractivity (Wildman–Crippen MR) is 87.7 cm³/mol. The summed E-state index contributed by atoms with van der Waals surface area (Å²) in [5.74, 6) is -0.288. The van der Waals surface area contributed by atoms with Gasteiger partial charge in [-0.3, -0.25) is 4.90 Å². The second-order valence-electron chi connectivity index (χ2n) is 6.30. The maximum absolute atomic E-state index is 12.3. The third-order valence-corrected chi connectivity index (χ3v) is 6.10. The van der Waals surface area contributed by atoms with Crippen molar-refractivity contribution in [3.8, 4) is 0 Å². The minimum absolute atomic E-state index is 0.0887. The highest BCUT2D eigenvalue weighted by atomic mass is 32.2. The van der Waals surface area contributed by atoms with E-state index in [4.69, 9.17) is 4.74 Å². The lowest BCUT2D eigenvalue weighted by Crippen LogP contribution is -2.40. The Labute approximate surface area is 136 Å². The third-order valence-electron chi connectivity index (χ3n) is 4.98. The SMILES string of the molecule is COC(=O)C1=C(c2ccc(S(C)(=O)=O)cc2)C[C@@H]2CC[C@H]1N2C. The van der Waals surface area contributed by atoms with Crippen molar-refractivity contribution in [3.63, 3.8) is 0 Å². The monoisotopic (exact) mass is 335 g/mol. The third kappa shape index (κ3) is 2.81. The normalized spacial score (nSPS) is 24.8. The Morgan fingerprint density at radius 3 is 2.43 bits per heavy atom. The Balaban J connectivity index is 2.08. The summed E-state index contributed by atoms with van der Waals surface area (Å²) < 4.78 is 28.2. The molecule has 0 aliphatic carbocycles. The Hall–Kier alpha value is -1.66. The van der Waals surface area contributed by atoms with Crippen LogP contribution in [0.4, 0.5) is 0 Å². The number of likely N-dealkylation sites (N-methyl/N-ethyl adjacent to an activating group) is 1. The largest absolute Gasteiger partial charge is 0.466 e. The fraction of sp³-hybridized carbons (Fsp3) is 0.471. The molecule has 0 radical (unpaired) electrons. The molecule has 1 aromatic rings. The van der Waals surface area contributed by atoms with Crippen LogP contribution in [0.2, 0.25) is 0 Å². The number of benzene rings is 1. The van der Waals surface area contributed by atoms with Gasteiger partial charge in [0.2, 0.25) is 0 Å². The van der Waals surface area contributed by atoms with Crippen LogP contribution in [0.15, 0.2) is 34.7 Å². The van der Waals surface area contributed by atoms with Crippen molar-refractivity contribution in [2.75, 3.05) is 20.4 Å². The highest BCUT2D eigenvalue weighted by molar-refractivity contribution is 7.90. The second-order valence-corrected chi connectivity index (χ2v) is 8.31. The number of sulfone groups is 1. The van der Waals surface area contributed by atoms with E-state index in [0.717, 1.165) is 36.0 Å². The van der Waals surface area contributed by atoms with E-state index in [-0.39, 0.29) is 16.9 Å². The van der Waals surface area contributed by atoms with Gasteiger partial charge < -0.3 is 4.74 Å². The Bertz CT molecular complexity index is 764. The van der Waals surface area contributed by atoms with Gasteiger partial charge in [-0.1, -0.05) is 12.1 Å². The summed E-state index contributed by atoms with van der Waals surface area (Å²) >= 11 is 0. The average molecular weight is 335 g/mol. The minimum atomic E-state index is -3.22. The Morgan fingerprint density at radius 1 is 1.22 bits per heavy atom. The molecule has 5 nitrogen and oxygen atoms in total. The smallest absolute Gasteiger partial charge is 0.335 e. The molecule has 2 aliphatic rings. The average Bonchev–Trinajstić information content (AvgIpc) is 2.75. The number of ether oxygens (including phenoxy) is 1. The van der Waals surface area contributed by atoms with Gasteiger partial charge in [-0.15, -0.1) is 0 Å². The number of methoxy groups -OCH3 is 1. The van der Waals surface area contributed by atoms with E-state index in [2.05, 4.69) is 11.9 Å². The van der Waals surface area contributed by atoms with Crippen LogP contribution < -0.4 is 0 Å². The predicted octanol–water partition coefficient (Wildman–Crippen LogP) is 1.88. The van der Waals surface area contributed by atoms with Crippen LogP contribution in [-0.4, -0.2) is 51.8 Å². The highest BCUT2D eigenvalue weighted by Crippen LogP contribution is 2.42. The van der Waals surface area contributed by atoms with Crippen LogP contribution in [0.5, 0.6) is 0 Å². The molecule has 1 fully saturated rings. The van der Waals surface area contributed by atoms with Crippen molar-refractivity contribution >= 4 is 21.4 Å². The van der Waals surface area contributed by atoms with Crippen molar-refractivity contribution in [1.82, 2.24) is 4.90 Å². The zero-order valence-electron chi connectivity index (χ0n) is 13.6. The molecule has 0 spiro atoms. The van der Waals surface area contributed by atoms with E-state index in [1.165, 1.54) is 13.4 Å². The molecular formula is C17H21NO4S. The van der Waals surface area contributed by atoms with Crippen LogP contribution in [0.25, 0.3) is 5.57 Å². The van der Waals surface area contributed by atoms with Gasteiger partial charge in [0.05, 0.1) is 17.6 Å². The summed E-state index contributed by atoms with van der Waals surface area (Å²) in [4.78, 5) is 14.8. The van der Waals surface area contributed by atoms with Gasteiger partial charge >= 0.3 is 5.97 Å². The van der Waals surface area contributed by atoms with E-state index < -0.39 is 9.84 Å². The topological polar surface area (TPSA) is 63.7 Å². The standard InChI is InChI=1S/C17H21NO4S/c1-18-12-6-9-15(18)16(17(19)22-2)14(10-12)11-4-7-13(8-5-11)23(3,20)21/h4-5,7-8,12,15H,6,9-10H2,1-3H3/t12-,15+/m0/s1. The number of hydrogen-bond acceptors (Lipinski definition) is 5. The van der Waals surface area contributed by atoms with Crippen molar-refractivity contribution in [1.29, 1.82) is 0 Å². The van der Waals surface area contributed by atoms with Gasteiger partial charge in [0.1, 0.15) is 0 Å². The second kappa shape index (κ2) is 5.76. The Kier molecular flexibility index (Phi) is 4.06. The van der Waals surface area contributed by atoms with E-state index in [1.54, 1.807) is 24.3 Å².